The first-order valence-corrected chi connectivity index (χ1v) is 6.46. The quantitative estimate of drug-likeness (QED) is 0.939. The van der Waals surface area contributed by atoms with Crippen molar-refractivity contribution in [1.82, 2.24) is 10.3 Å². The van der Waals surface area contributed by atoms with Gasteiger partial charge in [-0.15, -0.1) is 0 Å². The van der Waals surface area contributed by atoms with E-state index in [4.69, 9.17) is 23.2 Å². The van der Waals surface area contributed by atoms with Gasteiger partial charge in [-0.2, -0.15) is 0 Å². The molecule has 5 heteroatoms. The fraction of sp³-hybridized carbons (Fsp3) is 0.143. The second kappa shape index (κ2) is 6.04. The first-order chi connectivity index (χ1) is 9.08. The summed E-state index contributed by atoms with van der Waals surface area (Å²) >= 11 is 12.0. The molecule has 1 aromatic carbocycles. The first-order valence-electron chi connectivity index (χ1n) is 5.70. The van der Waals surface area contributed by atoms with Gasteiger partial charge in [-0.05, 0) is 42.3 Å². The van der Waals surface area contributed by atoms with Gasteiger partial charge in [0.25, 0.3) is 5.91 Å². The van der Waals surface area contributed by atoms with E-state index in [2.05, 4.69) is 10.3 Å². The van der Waals surface area contributed by atoms with E-state index in [0.29, 0.717) is 22.2 Å². The highest BCUT2D eigenvalue weighted by Gasteiger charge is 2.09. The van der Waals surface area contributed by atoms with Crippen molar-refractivity contribution in [2.24, 2.45) is 0 Å². The van der Waals surface area contributed by atoms with Crippen LogP contribution in [0.15, 0.2) is 36.7 Å². The van der Waals surface area contributed by atoms with Crippen LogP contribution in [-0.4, -0.2) is 10.9 Å². The summed E-state index contributed by atoms with van der Waals surface area (Å²) in [7, 11) is 0. The number of aryl methyl sites for hydroxylation is 1. The van der Waals surface area contributed by atoms with Gasteiger partial charge in [0.05, 0.1) is 0 Å². The van der Waals surface area contributed by atoms with Crippen molar-refractivity contribution in [3.05, 3.63) is 63.4 Å². The number of nitrogens with zero attached hydrogens (tertiary/aromatic N) is 1. The molecule has 1 amide bonds. The topological polar surface area (TPSA) is 42.0 Å². The molecule has 0 bridgehead atoms. The minimum Gasteiger partial charge on any atom is -0.348 e. The van der Waals surface area contributed by atoms with E-state index in [-0.39, 0.29) is 5.91 Å². The summed E-state index contributed by atoms with van der Waals surface area (Å²) in [6.07, 6.45) is 3.16. The van der Waals surface area contributed by atoms with Crippen LogP contribution in [0.3, 0.4) is 0 Å². The predicted octanol–water partition coefficient (Wildman–Crippen LogP) is 3.63. The third-order valence-electron chi connectivity index (χ3n) is 2.75. The van der Waals surface area contributed by atoms with Crippen LogP contribution in [0.2, 0.25) is 10.0 Å². The van der Waals surface area contributed by atoms with E-state index in [9.17, 15) is 4.79 Å². The Balaban J connectivity index is 2.10. The maximum absolute atomic E-state index is 11.9. The molecule has 0 saturated heterocycles. The van der Waals surface area contributed by atoms with E-state index in [1.54, 1.807) is 30.6 Å². The lowest BCUT2D eigenvalue weighted by atomic mass is 10.1. The molecule has 0 fully saturated rings. The molecule has 0 aliphatic rings. The zero-order valence-corrected chi connectivity index (χ0v) is 11.8. The molecule has 0 atom stereocenters. The van der Waals surface area contributed by atoms with Gasteiger partial charge in [-0.3, -0.25) is 9.78 Å². The molecule has 1 aromatic heterocycles. The van der Waals surface area contributed by atoms with E-state index in [1.807, 2.05) is 13.0 Å². The first kappa shape index (κ1) is 13.8. The van der Waals surface area contributed by atoms with Gasteiger partial charge in [0.15, 0.2) is 0 Å². The molecule has 2 rings (SSSR count). The number of rotatable bonds is 3. The molecule has 0 unspecified atom stereocenters. The van der Waals surface area contributed by atoms with Crippen molar-refractivity contribution in [1.29, 1.82) is 0 Å². The molecule has 3 nitrogen and oxygen atoms in total. The molecule has 0 aliphatic heterocycles. The minimum atomic E-state index is -0.159. The fourth-order valence-corrected chi connectivity index (χ4v) is 2.39. The lowest BCUT2D eigenvalue weighted by Gasteiger charge is -2.10. The zero-order chi connectivity index (χ0) is 13.8. The van der Waals surface area contributed by atoms with Crippen molar-refractivity contribution in [3.63, 3.8) is 0 Å². The summed E-state index contributed by atoms with van der Waals surface area (Å²) in [5.41, 5.74) is 2.39. The standard InChI is InChI=1S/C14H12Cl2N2O/c1-9-6-11(15)7-13(16)12(9)8-18-14(19)10-2-4-17-5-3-10/h2-7H,8H2,1H3,(H,18,19). The highest BCUT2D eigenvalue weighted by atomic mass is 35.5. The SMILES string of the molecule is Cc1cc(Cl)cc(Cl)c1CNC(=O)c1ccncc1. The van der Waals surface area contributed by atoms with Gasteiger partial charge in [0, 0.05) is 34.5 Å². The summed E-state index contributed by atoms with van der Waals surface area (Å²) in [4.78, 5) is 15.8. The van der Waals surface area contributed by atoms with Gasteiger partial charge in [0.2, 0.25) is 0 Å². The van der Waals surface area contributed by atoms with Gasteiger partial charge in [-0.1, -0.05) is 23.2 Å². The number of halogens is 2. The molecule has 2 aromatic rings. The summed E-state index contributed by atoms with van der Waals surface area (Å²) in [6.45, 7) is 2.27. The Kier molecular flexibility index (Phi) is 4.40. The smallest absolute Gasteiger partial charge is 0.251 e. The maximum Gasteiger partial charge on any atom is 0.251 e. The number of pyridine rings is 1. The Hall–Kier alpha value is -1.58. The second-order valence-electron chi connectivity index (χ2n) is 4.10. The van der Waals surface area contributed by atoms with Gasteiger partial charge in [-0.25, -0.2) is 0 Å². The van der Waals surface area contributed by atoms with Crippen LogP contribution in [0.4, 0.5) is 0 Å². The molecule has 0 spiro atoms. The van der Waals surface area contributed by atoms with Crippen LogP contribution in [0.1, 0.15) is 21.5 Å². The number of carbonyl (C=O) groups is 1. The third-order valence-corrected chi connectivity index (χ3v) is 3.31. The molecule has 1 N–H and O–H groups in total. The molecule has 0 radical (unpaired) electrons. The van der Waals surface area contributed by atoms with Crippen LogP contribution in [0, 0.1) is 6.92 Å². The average Bonchev–Trinajstić information content (AvgIpc) is 2.38. The lowest BCUT2D eigenvalue weighted by molar-refractivity contribution is 0.0951. The third kappa shape index (κ3) is 3.46. The zero-order valence-electron chi connectivity index (χ0n) is 10.3. The Morgan fingerprint density at radius 3 is 2.58 bits per heavy atom. The van der Waals surface area contributed by atoms with Crippen LogP contribution in [-0.2, 0) is 6.54 Å². The van der Waals surface area contributed by atoms with E-state index >= 15 is 0 Å². The molecule has 1 heterocycles. The summed E-state index contributed by atoms with van der Waals surface area (Å²) in [5, 5.41) is 3.97. The summed E-state index contributed by atoms with van der Waals surface area (Å²) in [6, 6.07) is 6.81. The van der Waals surface area contributed by atoms with E-state index < -0.39 is 0 Å². The molecule has 98 valence electrons. The van der Waals surface area contributed by atoms with Crippen LogP contribution in [0.25, 0.3) is 0 Å². The Bertz CT molecular complexity index is 577. The number of hydrogen-bond acceptors (Lipinski definition) is 2. The number of amides is 1. The lowest BCUT2D eigenvalue weighted by Crippen LogP contribution is -2.23. The second-order valence-corrected chi connectivity index (χ2v) is 4.95. The largest absolute Gasteiger partial charge is 0.348 e. The minimum absolute atomic E-state index is 0.159. The normalized spacial score (nSPS) is 10.3. The Morgan fingerprint density at radius 2 is 1.95 bits per heavy atom. The van der Waals surface area contributed by atoms with Crippen molar-refractivity contribution < 1.29 is 4.79 Å². The molecule has 0 saturated carbocycles. The summed E-state index contributed by atoms with van der Waals surface area (Å²) in [5.74, 6) is -0.159. The molecular weight excluding hydrogens is 283 g/mol. The number of hydrogen-bond donors (Lipinski definition) is 1. The van der Waals surface area contributed by atoms with Gasteiger partial charge >= 0.3 is 0 Å². The Labute approximate surface area is 121 Å². The van der Waals surface area contributed by atoms with Crippen LogP contribution in [0.5, 0.6) is 0 Å². The number of nitrogens with one attached hydrogen (secondary N) is 1. The molecular formula is C14H12Cl2N2O. The number of carbonyl (C=O) groups excluding carboxylic acids is 1. The van der Waals surface area contributed by atoms with Crippen molar-refractivity contribution >= 4 is 29.1 Å². The molecule has 19 heavy (non-hydrogen) atoms. The van der Waals surface area contributed by atoms with Crippen molar-refractivity contribution in [3.8, 4) is 0 Å². The maximum atomic E-state index is 11.9. The molecule has 0 aliphatic carbocycles. The fourth-order valence-electron chi connectivity index (χ4n) is 1.73. The number of aromatic nitrogens is 1. The highest BCUT2D eigenvalue weighted by Crippen LogP contribution is 2.24. The number of benzene rings is 1. The van der Waals surface area contributed by atoms with Gasteiger partial charge in [0.1, 0.15) is 0 Å². The summed E-state index contributed by atoms with van der Waals surface area (Å²) < 4.78 is 0. The van der Waals surface area contributed by atoms with Crippen LogP contribution >= 0.6 is 23.2 Å². The average molecular weight is 295 g/mol. The highest BCUT2D eigenvalue weighted by molar-refractivity contribution is 6.35. The van der Waals surface area contributed by atoms with Gasteiger partial charge < -0.3 is 5.32 Å². The van der Waals surface area contributed by atoms with Crippen molar-refractivity contribution in [2.45, 2.75) is 13.5 Å². The Morgan fingerprint density at radius 1 is 1.26 bits per heavy atom. The van der Waals surface area contributed by atoms with E-state index in [1.165, 1.54) is 0 Å². The van der Waals surface area contributed by atoms with E-state index in [0.717, 1.165) is 11.1 Å². The monoisotopic (exact) mass is 294 g/mol. The van der Waals surface area contributed by atoms with Crippen molar-refractivity contribution in [2.75, 3.05) is 0 Å². The predicted molar refractivity (Wildman–Crippen MR) is 76.6 cm³/mol. The van der Waals surface area contributed by atoms with Crippen LogP contribution < -0.4 is 5.32 Å².